The number of hydrogen-bond donors (Lipinski definition) is 0. The van der Waals surface area contributed by atoms with E-state index in [0.717, 1.165) is 72.2 Å². The van der Waals surface area contributed by atoms with E-state index in [1.807, 2.05) is 25.1 Å². The summed E-state index contributed by atoms with van der Waals surface area (Å²) in [7, 11) is 0. The number of thiophene rings is 1. The van der Waals surface area contributed by atoms with E-state index in [2.05, 4.69) is 163 Å². The fourth-order valence-electron chi connectivity index (χ4n) is 8.38. The van der Waals surface area contributed by atoms with Crippen LogP contribution in [0.25, 0.3) is 116 Å². The molecule has 0 aliphatic carbocycles. The highest BCUT2D eigenvalue weighted by Crippen LogP contribution is 2.42. The molecule has 0 aliphatic rings. The lowest BCUT2D eigenvalue weighted by Gasteiger charge is -2.12. The molecule has 11 aromatic rings. The van der Waals surface area contributed by atoms with Crippen molar-refractivity contribution in [2.24, 2.45) is 0 Å². The van der Waals surface area contributed by atoms with Crippen LogP contribution >= 0.6 is 11.3 Å². The van der Waals surface area contributed by atoms with Crippen molar-refractivity contribution >= 4 is 76.4 Å². The van der Waals surface area contributed by atoms with Crippen molar-refractivity contribution in [3.05, 3.63) is 182 Å². The van der Waals surface area contributed by atoms with E-state index in [1.165, 1.54) is 25.6 Å². The van der Waals surface area contributed by atoms with Crippen LogP contribution in [-0.2, 0) is 0 Å². The molecule has 0 N–H and O–H groups in total. The summed E-state index contributed by atoms with van der Waals surface area (Å²) in [4.78, 5) is 15.4. The summed E-state index contributed by atoms with van der Waals surface area (Å²) in [5.41, 5.74) is 10.2. The summed E-state index contributed by atoms with van der Waals surface area (Å²) in [6.45, 7) is 6.07. The van der Waals surface area contributed by atoms with Crippen LogP contribution < -0.4 is 0 Å². The number of furan rings is 1. The molecular weight excluding hydrogens is 729 g/mol. The largest absolute Gasteiger partial charge is 0.456 e. The van der Waals surface area contributed by atoms with Gasteiger partial charge in [-0.1, -0.05) is 128 Å². The van der Waals surface area contributed by atoms with Gasteiger partial charge in [0.1, 0.15) is 11.3 Å². The Morgan fingerprint density at radius 1 is 0.569 bits per heavy atom. The molecule has 0 aliphatic heterocycles. The molecule has 0 atom stereocenters. The van der Waals surface area contributed by atoms with E-state index < -0.39 is 0 Å². The second kappa shape index (κ2) is 13.7. The quantitative estimate of drug-likeness (QED) is 0.162. The highest BCUT2D eigenvalue weighted by molar-refractivity contribution is 7.26. The Bertz CT molecular complexity index is 3440. The molecule has 58 heavy (non-hydrogen) atoms. The van der Waals surface area contributed by atoms with Crippen LogP contribution in [0.1, 0.15) is 18.2 Å². The second-order valence-electron chi connectivity index (χ2n) is 14.4. The third kappa shape index (κ3) is 5.41. The first-order valence-electron chi connectivity index (χ1n) is 19.3. The number of aromatic nitrogens is 4. The number of para-hydroxylation sites is 1. The lowest BCUT2D eigenvalue weighted by molar-refractivity contribution is 0.603. The zero-order valence-corrected chi connectivity index (χ0v) is 32.4. The summed E-state index contributed by atoms with van der Waals surface area (Å²) in [6.07, 6.45) is 5.97. The van der Waals surface area contributed by atoms with E-state index in [4.69, 9.17) is 19.4 Å². The highest BCUT2D eigenvalue weighted by atomic mass is 32.1. The van der Waals surface area contributed by atoms with Crippen LogP contribution in [0.4, 0.5) is 0 Å². The van der Waals surface area contributed by atoms with Crippen molar-refractivity contribution in [2.75, 3.05) is 0 Å². The zero-order chi connectivity index (χ0) is 38.7. The van der Waals surface area contributed by atoms with Gasteiger partial charge < -0.3 is 8.98 Å². The first-order valence-corrected chi connectivity index (χ1v) is 20.2. The number of fused-ring (bicyclic) bond motifs is 8. The van der Waals surface area contributed by atoms with Crippen LogP contribution in [0.5, 0.6) is 0 Å². The molecular formula is C52H34N4OS. The van der Waals surface area contributed by atoms with Crippen molar-refractivity contribution in [1.29, 1.82) is 0 Å². The summed E-state index contributed by atoms with van der Waals surface area (Å²) in [6, 6.07) is 55.3. The maximum atomic E-state index is 6.30. The molecule has 11 rings (SSSR count). The van der Waals surface area contributed by atoms with Gasteiger partial charge in [-0.3, -0.25) is 0 Å². The van der Waals surface area contributed by atoms with Gasteiger partial charge in [-0.15, -0.1) is 11.3 Å². The second-order valence-corrected chi connectivity index (χ2v) is 15.4. The minimum absolute atomic E-state index is 0.627. The van der Waals surface area contributed by atoms with E-state index in [1.54, 1.807) is 17.4 Å². The molecule has 4 aromatic heterocycles. The smallest absolute Gasteiger partial charge is 0.165 e. The molecule has 0 radical (unpaired) electrons. The van der Waals surface area contributed by atoms with Gasteiger partial charge >= 0.3 is 0 Å². The van der Waals surface area contributed by atoms with E-state index in [-0.39, 0.29) is 0 Å². The average molecular weight is 763 g/mol. The molecule has 0 unspecified atom stereocenters. The van der Waals surface area contributed by atoms with Crippen LogP contribution in [0.2, 0.25) is 0 Å². The molecule has 6 heteroatoms. The van der Waals surface area contributed by atoms with Crippen molar-refractivity contribution < 1.29 is 4.42 Å². The van der Waals surface area contributed by atoms with Crippen molar-refractivity contribution in [2.45, 2.75) is 6.92 Å². The molecule has 0 spiro atoms. The fraction of sp³-hybridized carbons (Fsp3) is 0.0192. The predicted molar refractivity (Wildman–Crippen MR) is 243 cm³/mol. The summed E-state index contributed by atoms with van der Waals surface area (Å²) in [5, 5.41) is 5.88. The summed E-state index contributed by atoms with van der Waals surface area (Å²) < 4.78 is 11.1. The number of rotatable bonds is 7. The minimum atomic E-state index is 0.627. The van der Waals surface area contributed by atoms with Crippen LogP contribution in [0, 0.1) is 0 Å². The average Bonchev–Trinajstić information content (AvgIpc) is 3.96. The minimum Gasteiger partial charge on any atom is -0.456 e. The van der Waals surface area contributed by atoms with E-state index in [0.29, 0.717) is 17.5 Å². The molecule has 0 amide bonds. The van der Waals surface area contributed by atoms with Gasteiger partial charge in [-0.2, -0.15) is 0 Å². The normalized spacial score (nSPS) is 11.9. The van der Waals surface area contributed by atoms with E-state index >= 15 is 0 Å². The van der Waals surface area contributed by atoms with Gasteiger partial charge in [0.25, 0.3) is 0 Å². The van der Waals surface area contributed by atoms with Crippen LogP contribution in [0.15, 0.2) is 175 Å². The monoisotopic (exact) mass is 762 g/mol. The molecule has 0 saturated carbocycles. The number of nitrogens with zero attached hydrogens (tertiary/aromatic N) is 4. The number of benzene rings is 7. The molecule has 0 saturated heterocycles. The Hall–Kier alpha value is -7.41. The van der Waals surface area contributed by atoms with Crippen molar-refractivity contribution in [3.63, 3.8) is 0 Å². The van der Waals surface area contributed by atoms with Crippen LogP contribution in [0.3, 0.4) is 0 Å². The topological polar surface area (TPSA) is 56.7 Å². The Morgan fingerprint density at radius 2 is 1.24 bits per heavy atom. The fourth-order valence-corrected chi connectivity index (χ4v) is 9.59. The molecule has 7 aromatic carbocycles. The molecule has 0 bridgehead atoms. The zero-order valence-electron chi connectivity index (χ0n) is 31.6. The van der Waals surface area contributed by atoms with Gasteiger partial charge in [-0.25, -0.2) is 15.0 Å². The van der Waals surface area contributed by atoms with Crippen LogP contribution in [-0.4, -0.2) is 19.5 Å². The van der Waals surface area contributed by atoms with Gasteiger partial charge in [0, 0.05) is 64.3 Å². The SMILES string of the molecule is C=Cc1oc2ccc3c(c4ccccc4n3-c3cccc(-c4cccc(-c5nc(-c6ccccc6)nc(-c6cccc7c6sc6ccccc67)n5)c4)c3)c2c1/C=C\C. The molecule has 274 valence electrons. The Kier molecular flexibility index (Phi) is 7.98. The van der Waals surface area contributed by atoms with Gasteiger partial charge in [0.15, 0.2) is 17.5 Å². The Morgan fingerprint density at radius 3 is 2.09 bits per heavy atom. The predicted octanol–water partition coefficient (Wildman–Crippen LogP) is 14.4. The lowest BCUT2D eigenvalue weighted by Crippen LogP contribution is -2.00. The van der Waals surface area contributed by atoms with Gasteiger partial charge in [-0.05, 0) is 72.7 Å². The Labute approximate surface area is 338 Å². The first kappa shape index (κ1) is 33.9. The maximum Gasteiger partial charge on any atom is 0.165 e. The molecule has 5 nitrogen and oxygen atoms in total. The Balaban J connectivity index is 1.06. The van der Waals surface area contributed by atoms with Gasteiger partial charge in [0.2, 0.25) is 0 Å². The number of hydrogen-bond acceptors (Lipinski definition) is 5. The number of allylic oxidation sites excluding steroid dienone is 1. The van der Waals surface area contributed by atoms with E-state index in [9.17, 15) is 0 Å². The summed E-state index contributed by atoms with van der Waals surface area (Å²) >= 11 is 1.78. The first-order chi connectivity index (χ1) is 28.7. The molecule has 0 fully saturated rings. The summed E-state index contributed by atoms with van der Waals surface area (Å²) in [5.74, 6) is 2.70. The van der Waals surface area contributed by atoms with Crippen molar-refractivity contribution in [3.8, 4) is 51.0 Å². The molecule has 4 heterocycles. The standard InChI is InChI=1S/C52H34N4OS/c1-3-15-40-44(4-2)57-45-29-28-43-47(48(40)45)39-23-8-10-26-42(39)56(43)36-21-13-19-34(31-36)33-18-12-20-35(30-33)51-53-50(32-16-6-5-7-17-32)54-52(55-51)41-25-14-24-38-37-22-9-11-27-46(37)58-49(38)41/h3-31H,2H2,1H3/b15-3-. The maximum absolute atomic E-state index is 6.30. The third-order valence-electron chi connectivity index (χ3n) is 10.9. The van der Waals surface area contributed by atoms with Gasteiger partial charge in [0.05, 0.1) is 11.0 Å². The lowest BCUT2D eigenvalue weighted by atomic mass is 10.0. The third-order valence-corrected chi connectivity index (χ3v) is 12.2. The van der Waals surface area contributed by atoms with Crippen molar-refractivity contribution in [1.82, 2.24) is 19.5 Å². The highest BCUT2D eigenvalue weighted by Gasteiger charge is 2.21.